The Balaban J connectivity index is 2.18. The molecule has 1 aromatic heterocycles. The SMILES string of the molecule is CCc1ccsc1CNc1cccc(SC)c1C#N. The predicted octanol–water partition coefficient (Wildman–Crippen LogP) is 4.52. The van der Waals surface area contributed by atoms with Gasteiger partial charge in [0.15, 0.2) is 0 Å². The first-order valence-corrected chi connectivity index (χ1v) is 8.26. The molecule has 0 aliphatic carbocycles. The number of thioether (sulfide) groups is 1. The van der Waals surface area contributed by atoms with Gasteiger partial charge in [-0.25, -0.2) is 0 Å². The molecular formula is C15H16N2S2. The average molecular weight is 288 g/mol. The largest absolute Gasteiger partial charge is 0.379 e. The van der Waals surface area contributed by atoms with Crippen molar-refractivity contribution in [1.82, 2.24) is 0 Å². The Bertz CT molecular complexity index is 596. The van der Waals surface area contributed by atoms with E-state index >= 15 is 0 Å². The molecule has 0 radical (unpaired) electrons. The van der Waals surface area contributed by atoms with Crippen molar-refractivity contribution in [2.45, 2.75) is 24.8 Å². The van der Waals surface area contributed by atoms with Crippen LogP contribution < -0.4 is 5.32 Å². The minimum absolute atomic E-state index is 0.740. The Labute approximate surface area is 122 Å². The molecule has 2 nitrogen and oxygen atoms in total. The number of nitrogens with one attached hydrogen (secondary N) is 1. The van der Waals surface area contributed by atoms with Gasteiger partial charge in [0, 0.05) is 16.3 Å². The maximum atomic E-state index is 9.29. The van der Waals surface area contributed by atoms with Gasteiger partial charge in [-0.05, 0) is 41.8 Å². The average Bonchev–Trinajstić information content (AvgIpc) is 2.91. The smallest absolute Gasteiger partial charge is 0.102 e. The van der Waals surface area contributed by atoms with Gasteiger partial charge in [0.1, 0.15) is 6.07 Å². The van der Waals surface area contributed by atoms with Crippen molar-refractivity contribution in [3.8, 4) is 6.07 Å². The van der Waals surface area contributed by atoms with Crippen LogP contribution in [0.5, 0.6) is 0 Å². The van der Waals surface area contributed by atoms with Crippen LogP contribution in [-0.2, 0) is 13.0 Å². The maximum Gasteiger partial charge on any atom is 0.102 e. The van der Waals surface area contributed by atoms with Crippen LogP contribution >= 0.6 is 23.1 Å². The summed E-state index contributed by atoms with van der Waals surface area (Å²) in [5, 5.41) is 14.8. The van der Waals surface area contributed by atoms with E-state index in [1.807, 2.05) is 24.5 Å². The van der Waals surface area contributed by atoms with Crippen LogP contribution in [0.25, 0.3) is 0 Å². The number of nitrogens with zero attached hydrogens (tertiary/aromatic N) is 1. The molecule has 0 aliphatic heterocycles. The highest BCUT2D eigenvalue weighted by Crippen LogP contribution is 2.27. The van der Waals surface area contributed by atoms with Crippen molar-refractivity contribution in [3.05, 3.63) is 45.6 Å². The molecule has 2 aromatic rings. The quantitative estimate of drug-likeness (QED) is 0.822. The summed E-state index contributed by atoms with van der Waals surface area (Å²) in [6.45, 7) is 2.95. The van der Waals surface area contributed by atoms with E-state index in [9.17, 15) is 5.26 Å². The van der Waals surface area contributed by atoms with E-state index in [1.165, 1.54) is 10.4 Å². The molecule has 1 aromatic carbocycles. The Morgan fingerprint density at radius 1 is 1.37 bits per heavy atom. The van der Waals surface area contributed by atoms with Crippen LogP contribution in [0.15, 0.2) is 34.5 Å². The normalized spacial score (nSPS) is 10.2. The molecule has 0 bridgehead atoms. The molecular weight excluding hydrogens is 272 g/mol. The summed E-state index contributed by atoms with van der Waals surface area (Å²) in [6, 6.07) is 10.4. The third kappa shape index (κ3) is 3.12. The molecule has 98 valence electrons. The second-order valence-corrected chi connectivity index (χ2v) is 5.92. The van der Waals surface area contributed by atoms with Crippen LogP contribution in [0.4, 0.5) is 5.69 Å². The van der Waals surface area contributed by atoms with Crippen molar-refractivity contribution in [1.29, 1.82) is 5.26 Å². The molecule has 4 heteroatoms. The molecule has 1 heterocycles. The molecule has 19 heavy (non-hydrogen) atoms. The number of hydrogen-bond acceptors (Lipinski definition) is 4. The predicted molar refractivity (Wildman–Crippen MR) is 84.0 cm³/mol. The monoisotopic (exact) mass is 288 g/mol. The number of benzene rings is 1. The summed E-state index contributed by atoms with van der Waals surface area (Å²) in [4.78, 5) is 2.37. The van der Waals surface area contributed by atoms with E-state index < -0.39 is 0 Å². The molecule has 0 fully saturated rings. The number of rotatable bonds is 5. The number of aryl methyl sites for hydroxylation is 1. The van der Waals surface area contributed by atoms with Crippen LogP contribution in [0, 0.1) is 11.3 Å². The number of thiophene rings is 1. The van der Waals surface area contributed by atoms with Gasteiger partial charge < -0.3 is 5.32 Å². The molecule has 0 saturated heterocycles. The summed E-state index contributed by atoms with van der Waals surface area (Å²) in [7, 11) is 0. The molecule has 0 amide bonds. The highest BCUT2D eigenvalue weighted by molar-refractivity contribution is 7.98. The summed E-state index contributed by atoms with van der Waals surface area (Å²) in [5.41, 5.74) is 3.05. The molecule has 0 unspecified atom stereocenters. The van der Waals surface area contributed by atoms with Crippen molar-refractivity contribution in [2.75, 3.05) is 11.6 Å². The molecule has 0 atom stereocenters. The van der Waals surface area contributed by atoms with Gasteiger partial charge in [0.2, 0.25) is 0 Å². The third-order valence-corrected chi connectivity index (χ3v) is 4.76. The van der Waals surface area contributed by atoms with Crippen LogP contribution in [0.2, 0.25) is 0 Å². The first kappa shape index (κ1) is 14.0. The summed E-state index contributed by atoms with van der Waals surface area (Å²) >= 11 is 3.37. The van der Waals surface area contributed by atoms with Gasteiger partial charge in [0.25, 0.3) is 0 Å². The first-order chi connectivity index (χ1) is 9.30. The van der Waals surface area contributed by atoms with E-state index in [-0.39, 0.29) is 0 Å². The lowest BCUT2D eigenvalue weighted by Gasteiger charge is -2.10. The molecule has 1 N–H and O–H groups in total. The maximum absolute atomic E-state index is 9.29. The van der Waals surface area contributed by atoms with Crippen molar-refractivity contribution in [2.24, 2.45) is 0 Å². The molecule has 2 rings (SSSR count). The van der Waals surface area contributed by atoms with Gasteiger partial charge in [-0.3, -0.25) is 0 Å². The summed E-state index contributed by atoms with van der Waals surface area (Å²) in [5.74, 6) is 0. The highest BCUT2D eigenvalue weighted by atomic mass is 32.2. The zero-order valence-electron chi connectivity index (χ0n) is 11.1. The first-order valence-electron chi connectivity index (χ1n) is 6.16. The van der Waals surface area contributed by atoms with E-state index in [2.05, 4.69) is 29.8 Å². The summed E-state index contributed by atoms with van der Waals surface area (Å²) < 4.78 is 0. The second kappa shape index (κ2) is 6.65. The van der Waals surface area contributed by atoms with Crippen molar-refractivity contribution in [3.63, 3.8) is 0 Å². The third-order valence-electron chi connectivity index (χ3n) is 3.02. The Kier molecular flexibility index (Phi) is 4.89. The fourth-order valence-corrected chi connectivity index (χ4v) is 3.47. The van der Waals surface area contributed by atoms with E-state index in [0.717, 1.165) is 29.1 Å². The van der Waals surface area contributed by atoms with Crippen molar-refractivity contribution >= 4 is 28.8 Å². The van der Waals surface area contributed by atoms with Gasteiger partial charge in [-0.1, -0.05) is 13.0 Å². The second-order valence-electron chi connectivity index (χ2n) is 4.07. The minimum atomic E-state index is 0.740. The minimum Gasteiger partial charge on any atom is -0.379 e. The number of nitriles is 1. The lowest BCUT2D eigenvalue weighted by molar-refractivity contribution is 1.08. The molecule has 0 aliphatic rings. The molecule has 0 saturated carbocycles. The van der Waals surface area contributed by atoms with Crippen LogP contribution in [0.3, 0.4) is 0 Å². The van der Waals surface area contributed by atoms with Crippen molar-refractivity contribution < 1.29 is 0 Å². The van der Waals surface area contributed by atoms with E-state index in [1.54, 1.807) is 23.1 Å². The lowest BCUT2D eigenvalue weighted by Crippen LogP contribution is -2.02. The van der Waals surface area contributed by atoms with Gasteiger partial charge in [-0.15, -0.1) is 23.1 Å². The fraction of sp³-hybridized carbons (Fsp3) is 0.267. The fourth-order valence-electron chi connectivity index (χ4n) is 1.98. The Hall–Kier alpha value is -1.44. The van der Waals surface area contributed by atoms with E-state index in [0.29, 0.717) is 0 Å². The number of anilines is 1. The number of hydrogen-bond donors (Lipinski definition) is 1. The van der Waals surface area contributed by atoms with Gasteiger partial charge >= 0.3 is 0 Å². The molecule has 0 spiro atoms. The van der Waals surface area contributed by atoms with Crippen LogP contribution in [-0.4, -0.2) is 6.26 Å². The lowest BCUT2D eigenvalue weighted by atomic mass is 10.1. The van der Waals surface area contributed by atoms with Gasteiger partial charge in [0.05, 0.1) is 11.3 Å². The Morgan fingerprint density at radius 3 is 2.89 bits per heavy atom. The zero-order valence-corrected chi connectivity index (χ0v) is 12.7. The topological polar surface area (TPSA) is 35.8 Å². The van der Waals surface area contributed by atoms with Crippen LogP contribution in [0.1, 0.15) is 22.9 Å². The van der Waals surface area contributed by atoms with E-state index in [4.69, 9.17) is 0 Å². The summed E-state index contributed by atoms with van der Waals surface area (Å²) in [6.07, 6.45) is 3.05. The zero-order chi connectivity index (χ0) is 13.7. The van der Waals surface area contributed by atoms with Gasteiger partial charge in [-0.2, -0.15) is 5.26 Å². The highest BCUT2D eigenvalue weighted by Gasteiger charge is 2.08. The standard InChI is InChI=1S/C15H16N2S2/c1-3-11-7-8-19-15(11)10-17-13-5-4-6-14(18-2)12(13)9-16/h4-8,17H,3,10H2,1-2H3. The Morgan fingerprint density at radius 2 is 2.21 bits per heavy atom.